The molecule has 0 aliphatic rings. The predicted octanol–water partition coefficient (Wildman–Crippen LogP) is 3.71. The third kappa shape index (κ3) is 3.81. The quantitative estimate of drug-likeness (QED) is 0.839. The zero-order valence-electron chi connectivity index (χ0n) is 10.4. The van der Waals surface area contributed by atoms with Gasteiger partial charge in [0.2, 0.25) is 0 Å². The standard InChI is InChI=1S/C13H12BrNO2S2/c1-9-7-13(15-8-12(9)14)18-10-3-5-11(6-4-10)19(2,16)17/h3-8H,1-2H3. The summed E-state index contributed by atoms with van der Waals surface area (Å²) in [4.78, 5) is 5.59. The summed E-state index contributed by atoms with van der Waals surface area (Å²) >= 11 is 4.91. The zero-order valence-corrected chi connectivity index (χ0v) is 13.6. The lowest BCUT2D eigenvalue weighted by molar-refractivity contribution is 0.602. The number of hydrogen-bond donors (Lipinski definition) is 0. The topological polar surface area (TPSA) is 47.0 Å². The van der Waals surface area contributed by atoms with Crippen LogP contribution >= 0.6 is 27.7 Å². The molecule has 0 saturated carbocycles. The number of sulfone groups is 1. The Hall–Kier alpha value is -0.850. The highest BCUT2D eigenvalue weighted by molar-refractivity contribution is 9.10. The van der Waals surface area contributed by atoms with Gasteiger partial charge in [-0.15, -0.1) is 0 Å². The monoisotopic (exact) mass is 357 g/mol. The van der Waals surface area contributed by atoms with Crippen molar-refractivity contribution in [2.75, 3.05) is 6.26 Å². The molecule has 0 aliphatic carbocycles. The molecule has 1 heterocycles. The molecule has 0 amide bonds. The van der Waals surface area contributed by atoms with Crippen LogP contribution in [0.3, 0.4) is 0 Å². The maximum absolute atomic E-state index is 11.4. The van der Waals surface area contributed by atoms with E-state index >= 15 is 0 Å². The second kappa shape index (κ2) is 5.64. The molecule has 0 bridgehead atoms. The smallest absolute Gasteiger partial charge is 0.175 e. The first-order valence-corrected chi connectivity index (χ1v) is 8.96. The Kier molecular flexibility index (Phi) is 4.32. The molecule has 0 N–H and O–H groups in total. The van der Waals surface area contributed by atoms with E-state index in [1.165, 1.54) is 18.0 Å². The van der Waals surface area contributed by atoms with Gasteiger partial charge in [0.05, 0.1) is 4.90 Å². The van der Waals surface area contributed by atoms with E-state index in [1.54, 1.807) is 30.5 Å². The predicted molar refractivity (Wildman–Crippen MR) is 80.3 cm³/mol. The normalized spacial score (nSPS) is 11.5. The Morgan fingerprint density at radius 1 is 1.21 bits per heavy atom. The van der Waals surface area contributed by atoms with E-state index in [-0.39, 0.29) is 0 Å². The molecular weight excluding hydrogens is 346 g/mol. The largest absolute Gasteiger partial charge is 0.248 e. The maximum Gasteiger partial charge on any atom is 0.175 e. The van der Waals surface area contributed by atoms with Crippen molar-refractivity contribution in [2.24, 2.45) is 0 Å². The fraction of sp³-hybridized carbons (Fsp3) is 0.154. The van der Waals surface area contributed by atoms with Crippen LogP contribution in [0.4, 0.5) is 0 Å². The van der Waals surface area contributed by atoms with Gasteiger partial charge in [0, 0.05) is 21.8 Å². The van der Waals surface area contributed by atoms with Crippen molar-refractivity contribution in [3.05, 3.63) is 46.6 Å². The van der Waals surface area contributed by atoms with Crippen LogP contribution in [-0.4, -0.2) is 19.7 Å². The van der Waals surface area contributed by atoms with E-state index in [1.807, 2.05) is 13.0 Å². The van der Waals surface area contributed by atoms with Gasteiger partial charge in [-0.25, -0.2) is 13.4 Å². The van der Waals surface area contributed by atoms with Gasteiger partial charge in [0.15, 0.2) is 9.84 Å². The molecule has 19 heavy (non-hydrogen) atoms. The van der Waals surface area contributed by atoms with Crippen molar-refractivity contribution in [3.8, 4) is 0 Å². The van der Waals surface area contributed by atoms with Crippen molar-refractivity contribution in [1.82, 2.24) is 4.98 Å². The molecule has 6 heteroatoms. The number of nitrogens with zero attached hydrogens (tertiary/aromatic N) is 1. The Morgan fingerprint density at radius 2 is 1.84 bits per heavy atom. The van der Waals surface area contributed by atoms with Crippen LogP contribution in [0.2, 0.25) is 0 Å². The molecule has 0 spiro atoms. The highest BCUT2D eigenvalue weighted by Gasteiger charge is 2.07. The van der Waals surface area contributed by atoms with Crippen LogP contribution in [-0.2, 0) is 9.84 Å². The summed E-state index contributed by atoms with van der Waals surface area (Å²) < 4.78 is 23.7. The van der Waals surface area contributed by atoms with Gasteiger partial charge in [-0.3, -0.25) is 0 Å². The number of benzene rings is 1. The molecule has 0 aliphatic heterocycles. The van der Waals surface area contributed by atoms with E-state index < -0.39 is 9.84 Å². The molecule has 1 aromatic carbocycles. The summed E-state index contributed by atoms with van der Waals surface area (Å²) in [6, 6.07) is 8.80. The Balaban J connectivity index is 2.22. The zero-order chi connectivity index (χ0) is 14.0. The van der Waals surface area contributed by atoms with Crippen molar-refractivity contribution in [2.45, 2.75) is 21.7 Å². The Morgan fingerprint density at radius 3 is 2.37 bits per heavy atom. The van der Waals surface area contributed by atoms with E-state index in [0.29, 0.717) is 4.90 Å². The Bertz CT molecular complexity index is 697. The summed E-state index contributed by atoms with van der Waals surface area (Å²) in [7, 11) is -3.14. The molecule has 2 aromatic rings. The minimum absolute atomic E-state index is 0.330. The number of hydrogen-bond acceptors (Lipinski definition) is 4. The molecule has 0 unspecified atom stereocenters. The molecule has 3 nitrogen and oxygen atoms in total. The highest BCUT2D eigenvalue weighted by atomic mass is 79.9. The third-order valence-corrected chi connectivity index (χ3v) is 5.40. The lowest BCUT2D eigenvalue weighted by Gasteiger charge is -2.04. The van der Waals surface area contributed by atoms with Gasteiger partial charge in [0.25, 0.3) is 0 Å². The minimum atomic E-state index is -3.14. The van der Waals surface area contributed by atoms with Gasteiger partial charge < -0.3 is 0 Å². The van der Waals surface area contributed by atoms with Crippen molar-refractivity contribution in [1.29, 1.82) is 0 Å². The number of aryl methyl sites for hydroxylation is 1. The molecular formula is C13H12BrNO2S2. The van der Waals surface area contributed by atoms with Crippen LogP contribution in [0, 0.1) is 6.92 Å². The SMILES string of the molecule is Cc1cc(Sc2ccc(S(C)(=O)=O)cc2)ncc1Br. The molecule has 2 rings (SSSR count). The van der Waals surface area contributed by atoms with Gasteiger partial charge in [-0.1, -0.05) is 11.8 Å². The summed E-state index contributed by atoms with van der Waals surface area (Å²) in [6.07, 6.45) is 2.97. The summed E-state index contributed by atoms with van der Waals surface area (Å²) in [5.41, 5.74) is 1.12. The Labute approximate surface area is 125 Å². The molecule has 0 saturated heterocycles. The van der Waals surface area contributed by atoms with Gasteiger partial charge >= 0.3 is 0 Å². The summed E-state index contributed by atoms with van der Waals surface area (Å²) in [6.45, 7) is 2.00. The fourth-order valence-electron chi connectivity index (χ4n) is 1.44. The van der Waals surface area contributed by atoms with E-state index in [4.69, 9.17) is 0 Å². The van der Waals surface area contributed by atoms with Crippen LogP contribution in [0.15, 0.2) is 55.8 Å². The van der Waals surface area contributed by atoms with Crippen LogP contribution < -0.4 is 0 Å². The molecule has 1 aromatic heterocycles. The minimum Gasteiger partial charge on any atom is -0.248 e. The number of halogens is 1. The third-order valence-electron chi connectivity index (χ3n) is 2.50. The van der Waals surface area contributed by atoms with Crippen LogP contribution in [0.5, 0.6) is 0 Å². The first-order chi connectivity index (χ1) is 8.86. The summed E-state index contributed by atoms with van der Waals surface area (Å²) in [5, 5.41) is 0.882. The number of rotatable bonds is 3. The van der Waals surface area contributed by atoms with Crippen molar-refractivity contribution in [3.63, 3.8) is 0 Å². The van der Waals surface area contributed by atoms with Crippen LogP contribution in [0.25, 0.3) is 0 Å². The van der Waals surface area contributed by atoms with Gasteiger partial charge in [0.1, 0.15) is 5.03 Å². The first-order valence-electron chi connectivity index (χ1n) is 5.46. The van der Waals surface area contributed by atoms with E-state index in [0.717, 1.165) is 20.0 Å². The van der Waals surface area contributed by atoms with Gasteiger partial charge in [-0.2, -0.15) is 0 Å². The summed E-state index contributed by atoms with van der Waals surface area (Å²) in [5.74, 6) is 0. The molecule has 100 valence electrons. The lowest BCUT2D eigenvalue weighted by atomic mass is 10.3. The number of pyridine rings is 1. The average Bonchev–Trinajstić information content (AvgIpc) is 2.33. The van der Waals surface area contributed by atoms with Crippen molar-refractivity contribution < 1.29 is 8.42 Å². The second-order valence-electron chi connectivity index (χ2n) is 4.12. The molecule has 0 fully saturated rings. The van der Waals surface area contributed by atoms with Gasteiger partial charge in [-0.05, 0) is 58.7 Å². The maximum atomic E-state index is 11.4. The lowest BCUT2D eigenvalue weighted by Crippen LogP contribution is -1.95. The average molecular weight is 358 g/mol. The van der Waals surface area contributed by atoms with E-state index in [2.05, 4.69) is 20.9 Å². The van der Waals surface area contributed by atoms with E-state index in [9.17, 15) is 8.42 Å². The second-order valence-corrected chi connectivity index (χ2v) is 8.08. The first kappa shape index (κ1) is 14.6. The highest BCUT2D eigenvalue weighted by Crippen LogP contribution is 2.29. The van der Waals surface area contributed by atoms with Crippen molar-refractivity contribution >= 4 is 37.5 Å². The fourth-order valence-corrected chi connectivity index (χ4v) is 3.15. The number of aromatic nitrogens is 1. The molecule has 0 atom stereocenters. The van der Waals surface area contributed by atoms with Crippen LogP contribution in [0.1, 0.15) is 5.56 Å². The molecule has 0 radical (unpaired) electrons.